The third-order valence-corrected chi connectivity index (χ3v) is 18.0. The van der Waals surface area contributed by atoms with Crippen molar-refractivity contribution >= 4 is 143 Å². The molecule has 0 fully saturated rings. The minimum Gasteiger partial charge on any atom is -0.310 e. The van der Waals surface area contributed by atoms with E-state index in [-0.39, 0.29) is 6.04 Å². The molecule has 0 saturated carbocycles. The Morgan fingerprint density at radius 1 is 0.209 bits per heavy atom. The van der Waals surface area contributed by atoms with Gasteiger partial charge in [-0.25, -0.2) is 9.97 Å². The van der Waals surface area contributed by atoms with Crippen molar-refractivity contribution in [1.29, 1.82) is 0 Å². The first-order valence-corrected chi connectivity index (χ1v) is 31.2. The minimum absolute atomic E-state index is 0.0743. The summed E-state index contributed by atoms with van der Waals surface area (Å²) in [6.45, 7) is 0. The largest absolute Gasteiger partial charge is 0.310 e. The van der Waals surface area contributed by atoms with Crippen molar-refractivity contribution in [1.82, 2.24) is 9.97 Å². The van der Waals surface area contributed by atoms with Gasteiger partial charge in [-0.15, -0.1) is 0 Å². The Morgan fingerprint density at radius 2 is 0.473 bits per heavy atom. The smallest absolute Gasteiger partial charge is 0.232 e. The number of fused-ring (bicyclic) bond motifs is 4. The summed E-state index contributed by atoms with van der Waals surface area (Å²) >= 11 is 0. The number of hydrogen-bond donors (Lipinski definition) is 0. The number of anilines is 6. The molecule has 0 atom stereocenters. The second-order valence-electron chi connectivity index (χ2n) is 23.4. The maximum absolute atomic E-state index is 5.03. The molecular formula is C86H58N5+. The molecule has 19 aromatic rings. The van der Waals surface area contributed by atoms with E-state index in [4.69, 9.17) is 9.97 Å². The molecule has 426 valence electrons. The molecule has 91 heavy (non-hydrogen) atoms. The number of pyridine rings is 1. The molecule has 0 N–H and O–H groups in total. The van der Waals surface area contributed by atoms with Gasteiger partial charge in [-0.1, -0.05) is 231 Å². The first-order chi connectivity index (χ1) is 45.1. The number of aromatic nitrogens is 3. The minimum atomic E-state index is 0.0743. The van der Waals surface area contributed by atoms with E-state index in [1.807, 2.05) is 0 Å². The summed E-state index contributed by atoms with van der Waals surface area (Å²) in [5, 5.41) is 18.9. The van der Waals surface area contributed by atoms with Crippen molar-refractivity contribution < 1.29 is 4.57 Å². The van der Waals surface area contributed by atoms with Crippen LogP contribution in [-0.2, 0) is 0 Å². The van der Waals surface area contributed by atoms with Gasteiger partial charge in [0.1, 0.15) is 11.0 Å². The summed E-state index contributed by atoms with van der Waals surface area (Å²) in [4.78, 5) is 14.5. The van der Waals surface area contributed by atoms with Crippen LogP contribution in [0.4, 0.5) is 34.1 Å². The lowest BCUT2D eigenvalue weighted by Crippen LogP contribution is -2.42. The molecule has 5 nitrogen and oxygen atoms in total. The highest BCUT2D eigenvalue weighted by molar-refractivity contribution is 6.44. The molecule has 2 aromatic heterocycles. The van der Waals surface area contributed by atoms with Crippen LogP contribution in [0.2, 0.25) is 0 Å². The fourth-order valence-corrected chi connectivity index (χ4v) is 14.0. The van der Waals surface area contributed by atoms with Crippen LogP contribution >= 0.6 is 0 Å². The monoisotopic (exact) mass is 1160 g/mol. The lowest BCUT2D eigenvalue weighted by atomic mass is 9.83. The van der Waals surface area contributed by atoms with E-state index >= 15 is 0 Å². The Kier molecular flexibility index (Phi) is 13.2. The molecule has 0 saturated heterocycles. The second kappa shape index (κ2) is 22.6. The molecular weight excluding hydrogens is 1100 g/mol. The molecule has 17 aromatic carbocycles. The first-order valence-electron chi connectivity index (χ1n) is 31.2. The van der Waals surface area contributed by atoms with Crippen molar-refractivity contribution in [2.24, 2.45) is 0 Å². The quantitative estimate of drug-likeness (QED) is 0.0820. The number of para-hydroxylation sites is 8. The predicted molar refractivity (Wildman–Crippen MR) is 383 cm³/mol. The van der Waals surface area contributed by atoms with Gasteiger partial charge in [0.2, 0.25) is 17.1 Å². The molecule has 0 radical (unpaired) electrons. The maximum atomic E-state index is 5.03. The summed E-state index contributed by atoms with van der Waals surface area (Å²) in [7, 11) is 0. The molecule has 0 aliphatic rings. The van der Waals surface area contributed by atoms with E-state index in [0.717, 1.165) is 78.0 Å². The highest BCUT2D eigenvalue weighted by atomic mass is 15.1. The van der Waals surface area contributed by atoms with Crippen molar-refractivity contribution in [2.45, 2.75) is 6.04 Å². The molecule has 0 aliphatic heterocycles. The number of nitrogens with zero attached hydrogens (tertiary/aromatic N) is 5. The molecule has 5 heteroatoms. The first kappa shape index (κ1) is 53.2. The second-order valence-corrected chi connectivity index (χ2v) is 23.4. The molecule has 0 bridgehead atoms. The van der Waals surface area contributed by atoms with Crippen LogP contribution in [0.25, 0.3) is 109 Å². The van der Waals surface area contributed by atoms with Crippen LogP contribution in [0.5, 0.6) is 0 Å². The molecule has 0 amide bonds. The Bertz CT molecular complexity index is 5070. The molecule has 19 rings (SSSR count). The standard InChI is InChI=1S/C37H27N3.C25H19N2.C24H12/c1-5-13-30(14-6-1)39(31-15-7-2-8-16-31)34-21-23-36-28(26-34)25-29-27-35(22-24-37(29)38-36)40(32-17-9-3-10-18-32)33-19-11-4-12-20-33;1-3-11-19(12-4-1)25(20-13-5-2-6-14-20)27-23-17-9-7-15-21(23)26-22-16-8-10-18-24(22)27;1-2-14-5-6-16-9-11-18-12-10-17-8-7-15-4-3-13(1)19-20(14)22(16)24(18)23(17)21(15)19/h1-27H;1-18,25H;1-12H/q;+1;. The zero-order valence-corrected chi connectivity index (χ0v) is 49.7. The number of rotatable bonds is 9. The Hall–Kier alpha value is -12.1. The highest BCUT2D eigenvalue weighted by Crippen LogP contribution is 2.48. The van der Waals surface area contributed by atoms with Gasteiger partial charge in [0.25, 0.3) is 0 Å². The van der Waals surface area contributed by atoms with Gasteiger partial charge >= 0.3 is 0 Å². The summed E-state index contributed by atoms with van der Waals surface area (Å²) in [5.41, 5.74) is 15.4. The van der Waals surface area contributed by atoms with E-state index in [1.54, 1.807) is 0 Å². The normalized spacial score (nSPS) is 11.6. The third-order valence-electron chi connectivity index (χ3n) is 18.0. The van der Waals surface area contributed by atoms with Crippen LogP contribution in [0, 0.1) is 0 Å². The summed E-state index contributed by atoms with van der Waals surface area (Å²) < 4.78 is 2.42. The molecule has 0 spiro atoms. The van der Waals surface area contributed by atoms with Crippen LogP contribution in [0.3, 0.4) is 0 Å². The molecule has 0 unspecified atom stereocenters. The van der Waals surface area contributed by atoms with Crippen molar-refractivity contribution in [2.75, 3.05) is 9.80 Å². The zero-order valence-electron chi connectivity index (χ0n) is 49.7. The summed E-state index contributed by atoms with van der Waals surface area (Å²) in [6.07, 6.45) is 0. The maximum Gasteiger partial charge on any atom is 0.232 e. The van der Waals surface area contributed by atoms with Gasteiger partial charge in [0.05, 0.1) is 11.0 Å². The van der Waals surface area contributed by atoms with Gasteiger partial charge in [0.15, 0.2) is 0 Å². The van der Waals surface area contributed by atoms with Crippen LogP contribution < -0.4 is 14.4 Å². The summed E-state index contributed by atoms with van der Waals surface area (Å²) in [6, 6.07) is 123. The third kappa shape index (κ3) is 9.47. The lowest BCUT2D eigenvalue weighted by molar-refractivity contribution is -0.654. The van der Waals surface area contributed by atoms with E-state index in [0.29, 0.717) is 0 Å². The van der Waals surface area contributed by atoms with E-state index in [1.165, 1.54) is 75.8 Å². The van der Waals surface area contributed by atoms with Gasteiger partial charge in [-0.3, -0.25) is 0 Å². The topological polar surface area (TPSA) is 36.1 Å². The Balaban J connectivity index is 0.000000109. The fourth-order valence-electron chi connectivity index (χ4n) is 14.0. The van der Waals surface area contributed by atoms with Crippen molar-refractivity contribution in [3.63, 3.8) is 0 Å². The van der Waals surface area contributed by atoms with E-state index < -0.39 is 0 Å². The lowest BCUT2D eigenvalue weighted by Gasteiger charge is -2.26. The van der Waals surface area contributed by atoms with Crippen LogP contribution in [0.1, 0.15) is 17.2 Å². The zero-order chi connectivity index (χ0) is 60.2. The highest BCUT2D eigenvalue weighted by Gasteiger charge is 2.29. The predicted octanol–water partition coefficient (Wildman–Crippen LogP) is 22.6. The fraction of sp³-hybridized carbons (Fsp3) is 0.0116. The van der Waals surface area contributed by atoms with Gasteiger partial charge in [-0.2, -0.15) is 4.57 Å². The Morgan fingerprint density at radius 3 is 0.780 bits per heavy atom. The SMILES string of the molecule is c1cc2ccc3ccc4ccc5ccc6ccc1c1c2c3c4c5c61.c1ccc(C(c2ccccc2)[n+]2c3ccccc3nc3ccccc32)cc1.c1ccc(N(c2ccccc2)c2ccc3nc4ccc(N(c5ccccc5)c5ccccc5)cc4cc3c2)cc1. The van der Waals surface area contributed by atoms with Crippen molar-refractivity contribution in [3.05, 3.63) is 357 Å². The number of benzene rings is 17. The average Bonchev–Trinajstić information content (AvgIpc) is 0.715. The van der Waals surface area contributed by atoms with Gasteiger partial charge in [0, 0.05) is 68.2 Å². The van der Waals surface area contributed by atoms with Crippen molar-refractivity contribution in [3.8, 4) is 0 Å². The van der Waals surface area contributed by atoms with E-state index in [2.05, 4.69) is 360 Å². The van der Waals surface area contributed by atoms with Gasteiger partial charge in [-0.05, 0) is 168 Å². The number of hydrogen-bond acceptors (Lipinski definition) is 4. The van der Waals surface area contributed by atoms with E-state index in [9.17, 15) is 0 Å². The Labute approximate surface area is 526 Å². The average molecular weight is 1160 g/mol. The van der Waals surface area contributed by atoms with Crippen LogP contribution in [0.15, 0.2) is 346 Å². The van der Waals surface area contributed by atoms with Gasteiger partial charge < -0.3 is 9.80 Å². The molecule has 2 heterocycles. The molecule has 0 aliphatic carbocycles. The van der Waals surface area contributed by atoms with Crippen LogP contribution in [-0.4, -0.2) is 9.97 Å². The summed E-state index contributed by atoms with van der Waals surface area (Å²) in [5.74, 6) is 0.